The van der Waals surface area contributed by atoms with Crippen molar-refractivity contribution >= 4 is 40.2 Å². The Hall–Kier alpha value is -1.31. The van der Waals surface area contributed by atoms with Crippen LogP contribution in [0.3, 0.4) is 0 Å². The van der Waals surface area contributed by atoms with Crippen molar-refractivity contribution in [2.75, 3.05) is 6.54 Å². The third-order valence-corrected chi connectivity index (χ3v) is 4.55. The summed E-state index contributed by atoms with van der Waals surface area (Å²) in [5.41, 5.74) is 0.0975. The van der Waals surface area contributed by atoms with Crippen LogP contribution in [0.5, 0.6) is 0 Å². The Bertz CT molecular complexity index is 622. The minimum absolute atomic E-state index is 0.0551. The number of rotatable bonds is 4. The molecule has 0 aliphatic carbocycles. The Morgan fingerprint density at radius 1 is 1.27 bits per heavy atom. The number of carbonyl (C=O) groups is 3. The van der Waals surface area contributed by atoms with Crippen molar-refractivity contribution in [3.8, 4) is 0 Å². The Labute approximate surface area is 142 Å². The van der Waals surface area contributed by atoms with Crippen LogP contribution < -0.4 is 0 Å². The van der Waals surface area contributed by atoms with Crippen LogP contribution in [-0.4, -0.2) is 29.0 Å². The van der Waals surface area contributed by atoms with E-state index in [1.807, 2.05) is 36.4 Å². The lowest BCUT2D eigenvalue weighted by Crippen LogP contribution is -2.46. The van der Waals surface area contributed by atoms with Crippen LogP contribution in [0.1, 0.15) is 43.5 Å². The number of halogens is 2. The first kappa shape index (κ1) is 17.1. The van der Waals surface area contributed by atoms with E-state index in [-0.39, 0.29) is 36.0 Å². The summed E-state index contributed by atoms with van der Waals surface area (Å²) in [5, 5.41) is 0. The van der Waals surface area contributed by atoms with Crippen molar-refractivity contribution < 1.29 is 18.8 Å². The largest absolute Gasteiger partial charge is 0.294 e. The van der Waals surface area contributed by atoms with Crippen LogP contribution in [0.4, 0.5) is 4.39 Å². The van der Waals surface area contributed by atoms with Gasteiger partial charge >= 0.3 is 0 Å². The standard InChI is InChI=1S/C16H17FINO3/c1-16(2)8-14(21)19(15(22)9-16)6-5-13(20)11-4-3-10(17)7-12(11)18/h3-4,7H,5-6,8-9H2,1-2H3. The quantitative estimate of drug-likeness (QED) is 0.430. The van der Waals surface area contributed by atoms with Crippen molar-refractivity contribution in [3.05, 3.63) is 33.1 Å². The fourth-order valence-corrected chi connectivity index (χ4v) is 3.30. The molecule has 0 bridgehead atoms. The molecule has 1 fully saturated rings. The molecule has 22 heavy (non-hydrogen) atoms. The fourth-order valence-electron chi connectivity index (χ4n) is 2.52. The summed E-state index contributed by atoms with van der Waals surface area (Å²) >= 11 is 1.90. The van der Waals surface area contributed by atoms with Gasteiger partial charge in [0.15, 0.2) is 5.78 Å². The van der Waals surface area contributed by atoms with E-state index in [4.69, 9.17) is 0 Å². The lowest BCUT2D eigenvalue weighted by Gasteiger charge is -2.34. The number of benzene rings is 1. The highest BCUT2D eigenvalue weighted by Crippen LogP contribution is 2.31. The van der Waals surface area contributed by atoms with Gasteiger partial charge in [0, 0.05) is 34.9 Å². The van der Waals surface area contributed by atoms with Crippen LogP contribution in [0.15, 0.2) is 18.2 Å². The summed E-state index contributed by atoms with van der Waals surface area (Å²) in [7, 11) is 0. The molecule has 0 N–H and O–H groups in total. The summed E-state index contributed by atoms with van der Waals surface area (Å²) in [6, 6.07) is 3.95. The highest BCUT2D eigenvalue weighted by molar-refractivity contribution is 14.1. The van der Waals surface area contributed by atoms with Gasteiger partial charge in [0.05, 0.1) is 0 Å². The van der Waals surface area contributed by atoms with Gasteiger partial charge in [-0.2, -0.15) is 0 Å². The Kier molecular flexibility index (Phi) is 4.99. The second-order valence-electron chi connectivity index (χ2n) is 6.25. The molecule has 1 aromatic carbocycles. The zero-order valence-electron chi connectivity index (χ0n) is 12.5. The smallest absolute Gasteiger partial charge is 0.229 e. The third-order valence-electron chi connectivity index (χ3n) is 3.66. The zero-order valence-corrected chi connectivity index (χ0v) is 14.6. The highest BCUT2D eigenvalue weighted by Gasteiger charge is 2.37. The molecule has 1 saturated heterocycles. The molecule has 1 aliphatic rings. The second kappa shape index (κ2) is 6.44. The number of imide groups is 1. The van der Waals surface area contributed by atoms with Gasteiger partial charge < -0.3 is 0 Å². The molecular weight excluding hydrogens is 400 g/mol. The van der Waals surface area contributed by atoms with Crippen molar-refractivity contribution in [1.82, 2.24) is 4.90 Å². The van der Waals surface area contributed by atoms with E-state index in [1.165, 1.54) is 23.1 Å². The molecule has 0 unspecified atom stereocenters. The normalized spacial score (nSPS) is 17.7. The number of hydrogen-bond donors (Lipinski definition) is 0. The van der Waals surface area contributed by atoms with Gasteiger partial charge in [0.25, 0.3) is 0 Å². The van der Waals surface area contributed by atoms with Gasteiger partial charge in [-0.25, -0.2) is 4.39 Å². The molecule has 0 saturated carbocycles. The second-order valence-corrected chi connectivity index (χ2v) is 7.42. The first-order valence-corrected chi connectivity index (χ1v) is 8.09. The molecule has 0 aromatic heterocycles. The lowest BCUT2D eigenvalue weighted by atomic mass is 9.81. The molecule has 1 heterocycles. The number of nitrogens with zero attached hydrogens (tertiary/aromatic N) is 1. The van der Waals surface area contributed by atoms with Gasteiger partial charge in [-0.3, -0.25) is 19.3 Å². The average Bonchev–Trinajstić information content (AvgIpc) is 2.35. The van der Waals surface area contributed by atoms with Crippen molar-refractivity contribution in [2.45, 2.75) is 33.1 Å². The number of ketones is 1. The summed E-state index contributed by atoms with van der Waals surface area (Å²) in [6.45, 7) is 3.85. The average molecular weight is 417 g/mol. The maximum absolute atomic E-state index is 13.0. The molecular formula is C16H17FINO3. The van der Waals surface area contributed by atoms with E-state index < -0.39 is 5.82 Å². The maximum Gasteiger partial charge on any atom is 0.229 e. The van der Waals surface area contributed by atoms with Crippen LogP contribution >= 0.6 is 22.6 Å². The Balaban J connectivity index is 2.02. The first-order chi connectivity index (χ1) is 10.2. The molecule has 118 valence electrons. The number of hydrogen-bond acceptors (Lipinski definition) is 3. The predicted molar refractivity (Wildman–Crippen MR) is 87.8 cm³/mol. The van der Waals surface area contributed by atoms with Crippen LogP contribution in [0, 0.1) is 14.8 Å². The lowest BCUT2D eigenvalue weighted by molar-refractivity contribution is -0.152. The molecule has 1 aliphatic heterocycles. The molecule has 4 nitrogen and oxygen atoms in total. The summed E-state index contributed by atoms with van der Waals surface area (Å²) < 4.78 is 13.6. The van der Waals surface area contributed by atoms with Gasteiger partial charge in [-0.1, -0.05) is 13.8 Å². The first-order valence-electron chi connectivity index (χ1n) is 7.01. The zero-order chi connectivity index (χ0) is 16.5. The SMILES string of the molecule is CC1(C)CC(=O)N(CCC(=O)c2ccc(F)cc2I)C(=O)C1. The van der Waals surface area contributed by atoms with Crippen molar-refractivity contribution in [1.29, 1.82) is 0 Å². The van der Waals surface area contributed by atoms with Crippen LogP contribution in [-0.2, 0) is 9.59 Å². The molecule has 0 spiro atoms. The molecule has 0 atom stereocenters. The van der Waals surface area contributed by atoms with Crippen LogP contribution in [0.25, 0.3) is 0 Å². The molecule has 2 amide bonds. The highest BCUT2D eigenvalue weighted by atomic mass is 127. The number of Topliss-reactive ketones (excluding diaryl/α,β-unsaturated/α-hetero) is 1. The van der Waals surface area contributed by atoms with E-state index in [2.05, 4.69) is 0 Å². The van der Waals surface area contributed by atoms with E-state index in [0.29, 0.717) is 22.0 Å². The number of carbonyl (C=O) groups excluding carboxylic acids is 3. The minimum atomic E-state index is -0.399. The van der Waals surface area contributed by atoms with E-state index >= 15 is 0 Å². The van der Waals surface area contributed by atoms with Gasteiger partial charge in [0.2, 0.25) is 11.8 Å². The Morgan fingerprint density at radius 2 is 1.86 bits per heavy atom. The molecule has 1 aromatic rings. The summed E-state index contributed by atoms with van der Waals surface area (Å²) in [5.74, 6) is -1.06. The molecule has 6 heteroatoms. The van der Waals surface area contributed by atoms with Crippen molar-refractivity contribution in [2.24, 2.45) is 5.41 Å². The summed E-state index contributed by atoms with van der Waals surface area (Å²) in [4.78, 5) is 37.4. The predicted octanol–water partition coefficient (Wildman–Crippen LogP) is 3.18. The monoisotopic (exact) mass is 417 g/mol. The Morgan fingerprint density at radius 3 is 2.41 bits per heavy atom. The molecule has 2 rings (SSSR count). The van der Waals surface area contributed by atoms with Crippen LogP contribution in [0.2, 0.25) is 0 Å². The van der Waals surface area contributed by atoms with Crippen molar-refractivity contribution in [3.63, 3.8) is 0 Å². The number of likely N-dealkylation sites (tertiary alicyclic amines) is 1. The minimum Gasteiger partial charge on any atom is -0.294 e. The van der Waals surface area contributed by atoms with Gasteiger partial charge in [-0.15, -0.1) is 0 Å². The summed E-state index contributed by atoms with van der Waals surface area (Å²) in [6.07, 6.45) is 0.668. The third kappa shape index (κ3) is 3.91. The molecule has 0 radical (unpaired) electrons. The van der Waals surface area contributed by atoms with Gasteiger partial charge in [0.1, 0.15) is 5.82 Å². The van der Waals surface area contributed by atoms with E-state index in [0.717, 1.165) is 0 Å². The maximum atomic E-state index is 13.0. The van der Waals surface area contributed by atoms with Gasteiger partial charge in [-0.05, 0) is 46.2 Å². The number of amides is 2. The fraction of sp³-hybridized carbons (Fsp3) is 0.438. The topological polar surface area (TPSA) is 54.5 Å². The number of piperidine rings is 1. The van der Waals surface area contributed by atoms with E-state index in [9.17, 15) is 18.8 Å². The van der Waals surface area contributed by atoms with E-state index in [1.54, 1.807) is 0 Å².